The van der Waals surface area contributed by atoms with Crippen molar-refractivity contribution in [3.63, 3.8) is 0 Å². The molecule has 0 amide bonds. The van der Waals surface area contributed by atoms with Gasteiger partial charge in [0.1, 0.15) is 11.5 Å². The highest BCUT2D eigenvalue weighted by atomic mass is 19.4. The van der Waals surface area contributed by atoms with E-state index in [1.54, 1.807) is 0 Å². The Hall–Kier alpha value is -2.70. The van der Waals surface area contributed by atoms with Gasteiger partial charge in [-0.15, -0.1) is 0 Å². The summed E-state index contributed by atoms with van der Waals surface area (Å²) in [6, 6.07) is 16.8. The van der Waals surface area contributed by atoms with E-state index in [9.17, 15) is 13.2 Å². The molecule has 2 N–H and O–H groups in total. The number of halogens is 3. The summed E-state index contributed by atoms with van der Waals surface area (Å²) in [6.07, 6.45) is -5.11. The van der Waals surface area contributed by atoms with Crippen molar-refractivity contribution in [2.24, 2.45) is 4.99 Å². The number of hydrogen-bond acceptors (Lipinski definition) is 2. The molecule has 25 heavy (non-hydrogen) atoms. The standard InChI is InChI=1S/C18H20F3N3O/c1-22-17(23-12-11-18(19,20)21)24-13-14-7-5-6-10-16(14)25-15-8-3-2-4-9-15/h2-10H,11-13H2,1H3,(H2,22,23,24). The monoisotopic (exact) mass is 351 g/mol. The predicted molar refractivity (Wildman–Crippen MR) is 91.8 cm³/mol. The summed E-state index contributed by atoms with van der Waals surface area (Å²) in [7, 11) is 1.51. The van der Waals surface area contributed by atoms with Crippen LogP contribution in [0, 0.1) is 0 Å². The molecule has 7 heteroatoms. The fourth-order valence-corrected chi connectivity index (χ4v) is 2.09. The van der Waals surface area contributed by atoms with Gasteiger partial charge in [-0.2, -0.15) is 13.2 Å². The summed E-state index contributed by atoms with van der Waals surface area (Å²) >= 11 is 0. The highest BCUT2D eigenvalue weighted by molar-refractivity contribution is 5.79. The average Bonchev–Trinajstić information content (AvgIpc) is 2.59. The second-order valence-electron chi connectivity index (χ2n) is 5.24. The van der Waals surface area contributed by atoms with Gasteiger partial charge in [0.2, 0.25) is 0 Å². The highest BCUT2D eigenvalue weighted by Crippen LogP contribution is 2.24. The maximum atomic E-state index is 12.2. The molecule has 0 aliphatic heterocycles. The largest absolute Gasteiger partial charge is 0.457 e. The van der Waals surface area contributed by atoms with E-state index >= 15 is 0 Å². The van der Waals surface area contributed by atoms with E-state index in [0.717, 1.165) is 5.56 Å². The molecule has 0 saturated carbocycles. The molecule has 0 spiro atoms. The van der Waals surface area contributed by atoms with Crippen molar-refractivity contribution in [3.8, 4) is 11.5 Å². The van der Waals surface area contributed by atoms with E-state index in [-0.39, 0.29) is 6.54 Å². The molecule has 4 nitrogen and oxygen atoms in total. The number of hydrogen-bond donors (Lipinski definition) is 2. The Balaban J connectivity index is 1.93. The van der Waals surface area contributed by atoms with E-state index in [1.165, 1.54) is 7.05 Å². The number of benzene rings is 2. The first kappa shape index (κ1) is 18.6. The molecule has 0 fully saturated rings. The number of aliphatic imine (C=N–C) groups is 1. The molecule has 0 unspecified atom stereocenters. The van der Waals surface area contributed by atoms with Gasteiger partial charge in [-0.05, 0) is 18.2 Å². The molecule has 2 aromatic carbocycles. The van der Waals surface area contributed by atoms with Gasteiger partial charge in [0.25, 0.3) is 0 Å². The van der Waals surface area contributed by atoms with Gasteiger partial charge in [0.15, 0.2) is 5.96 Å². The van der Waals surface area contributed by atoms with Gasteiger partial charge in [0.05, 0.1) is 6.42 Å². The number of nitrogens with one attached hydrogen (secondary N) is 2. The number of nitrogens with zero attached hydrogens (tertiary/aromatic N) is 1. The van der Waals surface area contributed by atoms with E-state index in [2.05, 4.69) is 15.6 Å². The Bertz CT molecular complexity index is 687. The fourth-order valence-electron chi connectivity index (χ4n) is 2.09. The number of para-hydroxylation sites is 2. The van der Waals surface area contributed by atoms with Crippen LogP contribution in [0.1, 0.15) is 12.0 Å². The summed E-state index contributed by atoms with van der Waals surface area (Å²) in [4.78, 5) is 3.92. The minimum atomic E-state index is -4.19. The molecule has 2 rings (SSSR count). The Morgan fingerprint density at radius 1 is 1.00 bits per heavy atom. The van der Waals surface area contributed by atoms with Gasteiger partial charge < -0.3 is 15.4 Å². The third kappa shape index (κ3) is 6.74. The Labute approximate surface area is 144 Å². The maximum Gasteiger partial charge on any atom is 0.390 e. The predicted octanol–water partition coefficient (Wildman–Crippen LogP) is 4.10. The maximum absolute atomic E-state index is 12.2. The molecule has 0 aromatic heterocycles. The van der Waals surface area contributed by atoms with E-state index in [4.69, 9.17) is 4.74 Å². The van der Waals surface area contributed by atoms with Gasteiger partial charge in [0, 0.05) is 25.7 Å². The van der Waals surface area contributed by atoms with Crippen LogP contribution in [0.3, 0.4) is 0 Å². The lowest BCUT2D eigenvalue weighted by Gasteiger charge is -2.15. The second-order valence-corrected chi connectivity index (χ2v) is 5.24. The van der Waals surface area contributed by atoms with Crippen LogP contribution >= 0.6 is 0 Å². The smallest absolute Gasteiger partial charge is 0.390 e. The number of ether oxygens (including phenoxy) is 1. The molecule has 0 aliphatic rings. The SMILES string of the molecule is CN=C(NCCC(F)(F)F)NCc1ccccc1Oc1ccccc1. The fraction of sp³-hybridized carbons (Fsp3) is 0.278. The van der Waals surface area contributed by atoms with Crippen molar-refractivity contribution in [3.05, 3.63) is 60.2 Å². The summed E-state index contributed by atoms with van der Waals surface area (Å²) in [6.45, 7) is 0.139. The van der Waals surface area contributed by atoms with Gasteiger partial charge >= 0.3 is 6.18 Å². The normalized spacial score (nSPS) is 11.9. The van der Waals surface area contributed by atoms with Gasteiger partial charge in [-0.1, -0.05) is 36.4 Å². The van der Waals surface area contributed by atoms with Gasteiger partial charge in [-0.3, -0.25) is 4.99 Å². The zero-order valence-electron chi connectivity index (χ0n) is 13.8. The van der Waals surface area contributed by atoms with Crippen LogP contribution in [-0.2, 0) is 6.54 Å². The second kappa shape index (κ2) is 8.96. The summed E-state index contributed by atoms with van der Waals surface area (Å²) in [5.41, 5.74) is 0.866. The van der Waals surface area contributed by atoms with Crippen molar-refractivity contribution < 1.29 is 17.9 Å². The summed E-state index contributed by atoms with van der Waals surface area (Å²) < 4.78 is 42.5. The van der Waals surface area contributed by atoms with Crippen molar-refractivity contribution >= 4 is 5.96 Å². The summed E-state index contributed by atoms with van der Waals surface area (Å²) in [5.74, 6) is 1.69. The number of guanidine groups is 1. The van der Waals surface area contributed by atoms with Crippen LogP contribution in [0.15, 0.2) is 59.6 Å². The number of alkyl halides is 3. The van der Waals surface area contributed by atoms with E-state index < -0.39 is 12.6 Å². The van der Waals surface area contributed by atoms with Crippen LogP contribution in [0.2, 0.25) is 0 Å². The molecule has 0 bridgehead atoms. The zero-order valence-corrected chi connectivity index (χ0v) is 13.8. The molecule has 0 atom stereocenters. The lowest BCUT2D eigenvalue weighted by molar-refractivity contribution is -0.132. The van der Waals surface area contributed by atoms with Gasteiger partial charge in [-0.25, -0.2) is 0 Å². The molecule has 134 valence electrons. The molecular formula is C18H20F3N3O. The third-order valence-electron chi connectivity index (χ3n) is 3.31. The van der Waals surface area contributed by atoms with Crippen LogP contribution in [0.25, 0.3) is 0 Å². The Kier molecular flexibility index (Phi) is 6.68. The molecule has 0 aliphatic carbocycles. The lowest BCUT2D eigenvalue weighted by Crippen LogP contribution is -2.38. The van der Waals surface area contributed by atoms with Crippen LogP contribution in [0.4, 0.5) is 13.2 Å². The van der Waals surface area contributed by atoms with E-state index in [0.29, 0.717) is 24.0 Å². The van der Waals surface area contributed by atoms with Crippen LogP contribution in [0.5, 0.6) is 11.5 Å². The van der Waals surface area contributed by atoms with Crippen molar-refractivity contribution in [1.82, 2.24) is 10.6 Å². The number of rotatable bonds is 6. The first-order chi connectivity index (χ1) is 12.0. The zero-order chi connectivity index (χ0) is 18.1. The minimum absolute atomic E-state index is 0.231. The lowest BCUT2D eigenvalue weighted by atomic mass is 10.2. The van der Waals surface area contributed by atoms with Crippen molar-refractivity contribution in [1.29, 1.82) is 0 Å². The third-order valence-corrected chi connectivity index (χ3v) is 3.31. The van der Waals surface area contributed by atoms with Crippen LogP contribution in [-0.4, -0.2) is 25.7 Å². The van der Waals surface area contributed by atoms with Crippen molar-refractivity contribution in [2.75, 3.05) is 13.6 Å². The Morgan fingerprint density at radius 3 is 2.36 bits per heavy atom. The topological polar surface area (TPSA) is 45.7 Å². The van der Waals surface area contributed by atoms with E-state index in [1.807, 2.05) is 54.6 Å². The average molecular weight is 351 g/mol. The van der Waals surface area contributed by atoms with Crippen molar-refractivity contribution in [2.45, 2.75) is 19.1 Å². The molecular weight excluding hydrogens is 331 g/mol. The molecule has 0 radical (unpaired) electrons. The first-order valence-corrected chi connectivity index (χ1v) is 7.80. The first-order valence-electron chi connectivity index (χ1n) is 7.80. The highest BCUT2D eigenvalue weighted by Gasteiger charge is 2.26. The Morgan fingerprint density at radius 2 is 1.68 bits per heavy atom. The quantitative estimate of drug-likeness (QED) is 0.608. The van der Waals surface area contributed by atoms with Crippen LogP contribution < -0.4 is 15.4 Å². The molecule has 2 aromatic rings. The minimum Gasteiger partial charge on any atom is -0.457 e. The molecule has 0 saturated heterocycles. The summed E-state index contributed by atoms with van der Waals surface area (Å²) in [5, 5.41) is 5.63. The molecule has 0 heterocycles.